The van der Waals surface area contributed by atoms with E-state index in [1.165, 1.54) is 12.2 Å². The van der Waals surface area contributed by atoms with Crippen LogP contribution in [0.1, 0.15) is 6.42 Å². The van der Waals surface area contributed by atoms with Crippen molar-refractivity contribution in [3.05, 3.63) is 12.2 Å². The van der Waals surface area contributed by atoms with Crippen molar-refractivity contribution in [1.82, 2.24) is 15.5 Å². The third kappa shape index (κ3) is 11.3. The minimum atomic E-state index is -0.275. The highest BCUT2D eigenvalue weighted by atomic mass is 32.1. The lowest BCUT2D eigenvalue weighted by atomic mass is 10.4. The van der Waals surface area contributed by atoms with Gasteiger partial charge in [-0.15, -0.1) is 0 Å². The molecule has 0 atom stereocenters. The van der Waals surface area contributed by atoms with E-state index < -0.39 is 0 Å². The van der Waals surface area contributed by atoms with Gasteiger partial charge >= 0.3 is 0 Å². The van der Waals surface area contributed by atoms with Crippen molar-refractivity contribution in [2.24, 2.45) is 0 Å². The summed E-state index contributed by atoms with van der Waals surface area (Å²) in [7, 11) is 3.96. The van der Waals surface area contributed by atoms with Crippen molar-refractivity contribution in [1.29, 1.82) is 0 Å². The number of nitrogens with one attached hydrogen (secondary N) is 2. The fourth-order valence-electron chi connectivity index (χ4n) is 1.06. The molecule has 0 aliphatic carbocycles. The highest BCUT2D eigenvalue weighted by Crippen LogP contribution is 1.82. The van der Waals surface area contributed by atoms with Crippen LogP contribution in [0, 0.1) is 0 Å². The van der Waals surface area contributed by atoms with Crippen LogP contribution >= 0.6 is 12.6 Å². The molecule has 2 amide bonds. The lowest BCUT2D eigenvalue weighted by Crippen LogP contribution is -2.27. The van der Waals surface area contributed by atoms with Crippen molar-refractivity contribution in [2.75, 3.05) is 39.5 Å². The molecule has 0 aliphatic rings. The van der Waals surface area contributed by atoms with Gasteiger partial charge in [0.2, 0.25) is 11.8 Å². The molecule has 6 heteroatoms. The lowest BCUT2D eigenvalue weighted by molar-refractivity contribution is -0.118. The van der Waals surface area contributed by atoms with Gasteiger partial charge in [-0.3, -0.25) is 9.59 Å². The molecule has 0 saturated heterocycles. The zero-order valence-electron chi connectivity index (χ0n) is 10.4. The van der Waals surface area contributed by atoms with Crippen LogP contribution in [-0.4, -0.2) is 56.2 Å². The Morgan fingerprint density at radius 1 is 1.12 bits per heavy atom. The van der Waals surface area contributed by atoms with Crippen molar-refractivity contribution < 1.29 is 9.59 Å². The number of amides is 2. The molecule has 0 bridgehead atoms. The summed E-state index contributed by atoms with van der Waals surface area (Å²) in [5.74, 6) is 0.0586. The van der Waals surface area contributed by atoms with Crippen molar-refractivity contribution in [2.45, 2.75) is 6.42 Å². The predicted octanol–water partition coefficient (Wildman–Crippen LogP) is -0.343. The summed E-state index contributed by atoms with van der Waals surface area (Å²) in [5, 5.41) is 5.28. The van der Waals surface area contributed by atoms with Crippen LogP contribution in [0.3, 0.4) is 0 Å². The number of thiol groups is 1. The Labute approximate surface area is 108 Å². The van der Waals surface area contributed by atoms with Crippen molar-refractivity contribution in [3.63, 3.8) is 0 Å². The fraction of sp³-hybridized carbons (Fsp3) is 0.636. The Balaban J connectivity index is 3.63. The number of rotatable bonds is 8. The van der Waals surface area contributed by atoms with Gasteiger partial charge in [0.05, 0.1) is 0 Å². The predicted molar refractivity (Wildman–Crippen MR) is 72.2 cm³/mol. The van der Waals surface area contributed by atoms with Gasteiger partial charge in [-0.25, -0.2) is 0 Å². The second kappa shape index (κ2) is 10.2. The summed E-state index contributed by atoms with van der Waals surface area (Å²) in [6.07, 6.45) is 3.35. The van der Waals surface area contributed by atoms with Crippen LogP contribution in [0.5, 0.6) is 0 Å². The number of hydrogen-bond donors (Lipinski definition) is 3. The second-order valence-electron chi connectivity index (χ2n) is 3.80. The first kappa shape index (κ1) is 16.0. The Hall–Kier alpha value is -1.01. The normalized spacial score (nSPS) is 10.8. The molecule has 98 valence electrons. The Morgan fingerprint density at radius 2 is 1.65 bits per heavy atom. The number of carbonyl (C=O) groups is 2. The smallest absolute Gasteiger partial charge is 0.244 e. The molecule has 0 fully saturated rings. The lowest BCUT2D eigenvalue weighted by Gasteiger charge is -2.08. The van der Waals surface area contributed by atoms with Gasteiger partial charge < -0.3 is 15.5 Å². The van der Waals surface area contributed by atoms with Gasteiger partial charge in [0.15, 0.2) is 0 Å². The van der Waals surface area contributed by atoms with E-state index in [0.29, 0.717) is 18.8 Å². The van der Waals surface area contributed by atoms with E-state index in [-0.39, 0.29) is 11.8 Å². The molecule has 0 aliphatic heterocycles. The number of nitrogens with zero attached hydrogens (tertiary/aromatic N) is 1. The fourth-order valence-corrected chi connectivity index (χ4v) is 1.17. The molecule has 17 heavy (non-hydrogen) atoms. The Kier molecular flexibility index (Phi) is 9.56. The number of carbonyl (C=O) groups excluding carboxylic acids is 2. The van der Waals surface area contributed by atoms with Crippen LogP contribution < -0.4 is 10.6 Å². The Bertz CT molecular complexity index is 267. The van der Waals surface area contributed by atoms with E-state index in [4.69, 9.17) is 0 Å². The molecule has 0 saturated carbocycles. The van der Waals surface area contributed by atoms with Gasteiger partial charge in [0.25, 0.3) is 0 Å². The number of hydrogen-bond acceptors (Lipinski definition) is 4. The first-order chi connectivity index (χ1) is 8.06. The molecule has 0 spiro atoms. The molecule has 0 rings (SSSR count). The van der Waals surface area contributed by atoms with E-state index in [1.807, 2.05) is 19.0 Å². The second-order valence-corrected chi connectivity index (χ2v) is 4.24. The third-order valence-corrected chi connectivity index (χ3v) is 2.10. The van der Waals surface area contributed by atoms with Gasteiger partial charge in [0, 0.05) is 31.0 Å². The average molecular weight is 259 g/mol. The quantitative estimate of drug-likeness (QED) is 0.317. The topological polar surface area (TPSA) is 61.4 Å². The van der Waals surface area contributed by atoms with Crippen LogP contribution in [0.15, 0.2) is 12.2 Å². The molecule has 0 aromatic rings. The van der Waals surface area contributed by atoms with E-state index in [0.717, 1.165) is 13.0 Å². The maximum Gasteiger partial charge on any atom is 0.244 e. The largest absolute Gasteiger partial charge is 0.353 e. The van der Waals surface area contributed by atoms with E-state index in [2.05, 4.69) is 23.3 Å². The summed E-state index contributed by atoms with van der Waals surface area (Å²) >= 11 is 3.96. The van der Waals surface area contributed by atoms with E-state index >= 15 is 0 Å². The SMILES string of the molecule is CN(C)CCCNC(=O)C=CC(=O)NCCS. The highest BCUT2D eigenvalue weighted by molar-refractivity contribution is 7.80. The molecular weight excluding hydrogens is 238 g/mol. The maximum absolute atomic E-state index is 11.3. The summed E-state index contributed by atoms with van der Waals surface area (Å²) in [6.45, 7) is 2.03. The van der Waals surface area contributed by atoms with Gasteiger partial charge in [-0.2, -0.15) is 12.6 Å². The maximum atomic E-state index is 11.3. The average Bonchev–Trinajstić information content (AvgIpc) is 2.29. The van der Waals surface area contributed by atoms with E-state index in [1.54, 1.807) is 0 Å². The first-order valence-corrected chi connectivity index (χ1v) is 6.19. The summed E-state index contributed by atoms with van der Waals surface area (Å²) in [5.41, 5.74) is 0. The van der Waals surface area contributed by atoms with Crippen LogP contribution in [0.25, 0.3) is 0 Å². The summed E-state index contributed by atoms with van der Waals surface area (Å²) in [6, 6.07) is 0. The molecular formula is C11H21N3O2S. The first-order valence-electron chi connectivity index (χ1n) is 5.55. The third-order valence-electron chi connectivity index (χ3n) is 1.88. The molecule has 0 unspecified atom stereocenters. The van der Waals surface area contributed by atoms with Crippen LogP contribution in [0.4, 0.5) is 0 Å². The molecule has 2 N–H and O–H groups in total. The monoisotopic (exact) mass is 259 g/mol. The Morgan fingerprint density at radius 3 is 2.12 bits per heavy atom. The highest BCUT2D eigenvalue weighted by Gasteiger charge is 1.97. The van der Waals surface area contributed by atoms with Crippen molar-refractivity contribution in [3.8, 4) is 0 Å². The molecule has 0 aromatic heterocycles. The standard InChI is InChI=1S/C11H21N3O2S/c1-14(2)8-3-6-12-10(15)4-5-11(16)13-7-9-17/h4-5,17H,3,6-9H2,1-2H3,(H,12,15)(H,13,16). The summed E-state index contributed by atoms with van der Waals surface area (Å²) in [4.78, 5) is 24.4. The molecule has 5 nitrogen and oxygen atoms in total. The van der Waals surface area contributed by atoms with Gasteiger partial charge in [0.1, 0.15) is 0 Å². The zero-order chi connectivity index (χ0) is 13.1. The minimum Gasteiger partial charge on any atom is -0.353 e. The van der Waals surface area contributed by atoms with Crippen molar-refractivity contribution >= 4 is 24.4 Å². The minimum absolute atomic E-state index is 0.246. The van der Waals surface area contributed by atoms with Crippen LogP contribution in [0.2, 0.25) is 0 Å². The van der Waals surface area contributed by atoms with Gasteiger partial charge in [-0.05, 0) is 27.1 Å². The van der Waals surface area contributed by atoms with Crippen LogP contribution in [-0.2, 0) is 9.59 Å². The van der Waals surface area contributed by atoms with E-state index in [9.17, 15) is 9.59 Å². The van der Waals surface area contributed by atoms with Gasteiger partial charge in [-0.1, -0.05) is 0 Å². The molecule has 0 radical (unpaired) electrons. The summed E-state index contributed by atoms with van der Waals surface area (Å²) < 4.78 is 0. The molecule has 0 aromatic carbocycles. The molecule has 0 heterocycles. The zero-order valence-corrected chi connectivity index (χ0v) is 11.3.